The molecule has 0 aromatic heterocycles. The van der Waals surface area contributed by atoms with E-state index in [-0.39, 0.29) is 5.41 Å². The van der Waals surface area contributed by atoms with Gasteiger partial charge >= 0.3 is 6.03 Å². The van der Waals surface area contributed by atoms with Gasteiger partial charge in [0.2, 0.25) is 0 Å². The average Bonchev–Trinajstić information content (AvgIpc) is 2.13. The van der Waals surface area contributed by atoms with Crippen LogP contribution in [0.3, 0.4) is 0 Å². The third kappa shape index (κ3) is 4.68. The Labute approximate surface area is 96.2 Å². The van der Waals surface area contributed by atoms with Crippen molar-refractivity contribution in [2.24, 2.45) is 11.1 Å². The van der Waals surface area contributed by atoms with E-state index in [4.69, 9.17) is 5.73 Å². The highest BCUT2D eigenvalue weighted by Gasteiger charge is 2.09. The molecule has 1 aromatic rings. The maximum absolute atomic E-state index is 10.7. The second-order valence-corrected chi connectivity index (χ2v) is 4.98. The molecule has 4 nitrogen and oxygen atoms in total. The number of nitrogens with one attached hydrogen (secondary N) is 2. The lowest BCUT2D eigenvalue weighted by molar-refractivity contribution is 0.259. The number of carbonyl (C=O) groups is 1. The molecule has 0 saturated carbocycles. The fraction of sp³-hybridized carbons (Fsp3) is 0.417. The number of hydrogen-bond donors (Lipinski definition) is 3. The smallest absolute Gasteiger partial charge is 0.316 e. The van der Waals surface area contributed by atoms with E-state index in [1.165, 1.54) is 0 Å². The van der Waals surface area contributed by atoms with Gasteiger partial charge in [-0.2, -0.15) is 0 Å². The summed E-state index contributed by atoms with van der Waals surface area (Å²) in [5.74, 6) is 0. The van der Waals surface area contributed by atoms with Gasteiger partial charge in [-0.1, -0.05) is 26.8 Å². The highest BCUT2D eigenvalue weighted by Crippen LogP contribution is 2.18. The zero-order chi connectivity index (χ0) is 12.2. The molecule has 0 saturated heterocycles. The van der Waals surface area contributed by atoms with E-state index in [0.717, 1.165) is 12.2 Å². The first-order valence-electron chi connectivity index (χ1n) is 5.27. The Kier molecular flexibility index (Phi) is 3.77. The van der Waals surface area contributed by atoms with Crippen molar-refractivity contribution >= 4 is 17.4 Å². The number of benzene rings is 1. The van der Waals surface area contributed by atoms with Crippen LogP contribution in [0, 0.1) is 5.41 Å². The van der Waals surface area contributed by atoms with Gasteiger partial charge < -0.3 is 16.4 Å². The number of anilines is 2. The lowest BCUT2D eigenvalue weighted by Gasteiger charge is -2.19. The molecule has 1 rings (SSSR count). The summed E-state index contributed by atoms with van der Waals surface area (Å²) < 4.78 is 0. The van der Waals surface area contributed by atoms with Gasteiger partial charge in [-0.3, -0.25) is 0 Å². The quantitative estimate of drug-likeness (QED) is 0.734. The van der Waals surface area contributed by atoms with E-state index >= 15 is 0 Å². The van der Waals surface area contributed by atoms with E-state index in [0.29, 0.717) is 5.69 Å². The minimum atomic E-state index is -0.548. The Morgan fingerprint density at radius 3 is 2.50 bits per heavy atom. The number of amides is 2. The third-order valence-corrected chi connectivity index (χ3v) is 1.95. The van der Waals surface area contributed by atoms with Crippen LogP contribution in [0.25, 0.3) is 0 Å². The molecule has 0 spiro atoms. The molecular weight excluding hydrogens is 202 g/mol. The number of primary amides is 1. The molecule has 1 aromatic carbocycles. The van der Waals surface area contributed by atoms with Gasteiger partial charge in [-0.25, -0.2) is 4.79 Å². The van der Waals surface area contributed by atoms with Gasteiger partial charge in [0.05, 0.1) is 0 Å². The summed E-state index contributed by atoms with van der Waals surface area (Å²) in [6, 6.07) is 6.94. The minimum absolute atomic E-state index is 0.215. The van der Waals surface area contributed by atoms with Crippen LogP contribution in [-0.2, 0) is 0 Å². The van der Waals surface area contributed by atoms with E-state index in [2.05, 4.69) is 31.4 Å². The summed E-state index contributed by atoms with van der Waals surface area (Å²) >= 11 is 0. The van der Waals surface area contributed by atoms with E-state index in [9.17, 15) is 4.79 Å². The van der Waals surface area contributed by atoms with Crippen molar-refractivity contribution in [1.82, 2.24) is 0 Å². The van der Waals surface area contributed by atoms with Crippen LogP contribution < -0.4 is 16.4 Å². The lowest BCUT2D eigenvalue weighted by atomic mass is 9.97. The van der Waals surface area contributed by atoms with Crippen molar-refractivity contribution in [2.75, 3.05) is 17.2 Å². The van der Waals surface area contributed by atoms with Gasteiger partial charge in [0, 0.05) is 17.9 Å². The molecule has 2 amide bonds. The van der Waals surface area contributed by atoms with Gasteiger partial charge in [0.1, 0.15) is 0 Å². The molecule has 0 unspecified atom stereocenters. The zero-order valence-electron chi connectivity index (χ0n) is 10.0. The second-order valence-electron chi connectivity index (χ2n) is 4.98. The van der Waals surface area contributed by atoms with Crippen molar-refractivity contribution < 1.29 is 4.79 Å². The fourth-order valence-corrected chi connectivity index (χ4v) is 1.22. The number of carbonyl (C=O) groups excluding carboxylic acids is 1. The normalized spacial score (nSPS) is 10.9. The van der Waals surface area contributed by atoms with Crippen molar-refractivity contribution in [3.63, 3.8) is 0 Å². The second kappa shape index (κ2) is 4.88. The first-order valence-corrected chi connectivity index (χ1v) is 5.27. The summed E-state index contributed by atoms with van der Waals surface area (Å²) in [5.41, 5.74) is 6.94. The summed E-state index contributed by atoms with van der Waals surface area (Å²) in [5, 5.41) is 5.85. The van der Waals surface area contributed by atoms with Crippen molar-refractivity contribution in [3.8, 4) is 0 Å². The minimum Gasteiger partial charge on any atom is -0.384 e. The van der Waals surface area contributed by atoms with Crippen molar-refractivity contribution in [2.45, 2.75) is 20.8 Å². The van der Waals surface area contributed by atoms with Crippen LogP contribution >= 0.6 is 0 Å². The molecule has 0 aliphatic rings. The van der Waals surface area contributed by atoms with Gasteiger partial charge in [0.25, 0.3) is 0 Å². The molecule has 0 radical (unpaired) electrons. The molecule has 0 aliphatic heterocycles. The van der Waals surface area contributed by atoms with Crippen molar-refractivity contribution in [3.05, 3.63) is 24.3 Å². The Balaban J connectivity index is 2.64. The van der Waals surface area contributed by atoms with Crippen LogP contribution in [0.5, 0.6) is 0 Å². The maximum Gasteiger partial charge on any atom is 0.316 e. The molecule has 4 heteroatoms. The van der Waals surface area contributed by atoms with Crippen LogP contribution in [0.1, 0.15) is 20.8 Å². The Morgan fingerprint density at radius 2 is 1.94 bits per heavy atom. The average molecular weight is 221 g/mol. The Hall–Kier alpha value is -1.71. The topological polar surface area (TPSA) is 67.2 Å². The maximum atomic E-state index is 10.7. The first kappa shape index (κ1) is 12.4. The molecule has 16 heavy (non-hydrogen) atoms. The standard InChI is InChI=1S/C12H19N3O/c1-12(2,3)8-14-9-5-4-6-10(7-9)15-11(13)16/h4-7,14H,8H2,1-3H3,(H3,13,15,16). The SMILES string of the molecule is CC(C)(C)CNc1cccc(NC(N)=O)c1. The Morgan fingerprint density at radius 1 is 1.31 bits per heavy atom. The highest BCUT2D eigenvalue weighted by atomic mass is 16.2. The lowest BCUT2D eigenvalue weighted by Crippen LogP contribution is -2.20. The number of rotatable bonds is 3. The predicted octanol–water partition coefficient (Wildman–Crippen LogP) is 2.64. The summed E-state index contributed by atoms with van der Waals surface area (Å²) in [4.78, 5) is 10.7. The van der Waals surface area contributed by atoms with Crippen LogP contribution in [0.4, 0.5) is 16.2 Å². The van der Waals surface area contributed by atoms with E-state index < -0.39 is 6.03 Å². The molecule has 0 bridgehead atoms. The summed E-state index contributed by atoms with van der Waals surface area (Å²) in [6.07, 6.45) is 0. The molecule has 0 fully saturated rings. The van der Waals surface area contributed by atoms with E-state index in [1.54, 1.807) is 6.07 Å². The van der Waals surface area contributed by atoms with Crippen LogP contribution in [-0.4, -0.2) is 12.6 Å². The third-order valence-electron chi connectivity index (χ3n) is 1.95. The number of urea groups is 1. The summed E-state index contributed by atoms with van der Waals surface area (Å²) in [6.45, 7) is 7.34. The first-order chi connectivity index (χ1) is 7.37. The Bertz CT molecular complexity index is 369. The predicted molar refractivity (Wildman–Crippen MR) is 67.6 cm³/mol. The zero-order valence-corrected chi connectivity index (χ0v) is 10.0. The van der Waals surface area contributed by atoms with Gasteiger partial charge in [0.15, 0.2) is 0 Å². The van der Waals surface area contributed by atoms with Gasteiger partial charge in [-0.15, -0.1) is 0 Å². The van der Waals surface area contributed by atoms with Crippen molar-refractivity contribution in [1.29, 1.82) is 0 Å². The number of nitrogens with two attached hydrogens (primary N) is 1. The largest absolute Gasteiger partial charge is 0.384 e. The number of hydrogen-bond acceptors (Lipinski definition) is 2. The molecule has 88 valence electrons. The van der Waals surface area contributed by atoms with Gasteiger partial charge in [-0.05, 0) is 23.6 Å². The van der Waals surface area contributed by atoms with Crippen LogP contribution in [0.2, 0.25) is 0 Å². The fourth-order valence-electron chi connectivity index (χ4n) is 1.22. The molecular formula is C12H19N3O. The molecule has 4 N–H and O–H groups in total. The van der Waals surface area contributed by atoms with E-state index in [1.807, 2.05) is 18.2 Å². The molecule has 0 atom stereocenters. The summed E-state index contributed by atoms with van der Waals surface area (Å²) in [7, 11) is 0. The molecule has 0 aliphatic carbocycles. The monoisotopic (exact) mass is 221 g/mol. The van der Waals surface area contributed by atoms with Crippen LogP contribution in [0.15, 0.2) is 24.3 Å². The highest BCUT2D eigenvalue weighted by molar-refractivity contribution is 5.88. The molecule has 0 heterocycles.